The molecule has 0 amide bonds. The predicted molar refractivity (Wildman–Crippen MR) is 159 cm³/mol. The highest BCUT2D eigenvalue weighted by atomic mass is 32.2. The van der Waals surface area contributed by atoms with Crippen LogP contribution < -0.4 is 9.47 Å². The molecule has 0 atom stereocenters. The lowest BCUT2D eigenvalue weighted by molar-refractivity contribution is -0.665. The zero-order valence-corrected chi connectivity index (χ0v) is 23.7. The number of hydrogen-bond acceptors (Lipinski definition) is 3. The summed E-state index contributed by atoms with van der Waals surface area (Å²) in [5.41, 5.74) is 6.93. The molecule has 0 spiro atoms. The number of aromatic nitrogens is 2. The molecule has 0 saturated carbocycles. The summed E-state index contributed by atoms with van der Waals surface area (Å²) in [6.07, 6.45) is 13.7. The first-order chi connectivity index (χ1) is 17.9. The lowest BCUT2D eigenvalue weighted by Crippen LogP contribution is -2.33. The van der Waals surface area contributed by atoms with Crippen LogP contribution in [-0.4, -0.2) is 11.1 Å². The third-order valence-corrected chi connectivity index (χ3v) is 9.46. The monoisotopic (exact) mass is 524 g/mol. The Labute approximate surface area is 228 Å². The zero-order chi connectivity index (χ0) is 25.6. The van der Waals surface area contributed by atoms with Gasteiger partial charge < -0.3 is 9.47 Å². The van der Waals surface area contributed by atoms with Crippen LogP contribution in [-0.2, 0) is 6.54 Å². The van der Waals surface area contributed by atoms with E-state index >= 15 is 0 Å². The largest absolute Gasteiger partial charge is 0.335 e. The van der Waals surface area contributed by atoms with Gasteiger partial charge >= 0.3 is 0 Å². The van der Waals surface area contributed by atoms with Gasteiger partial charge in [0.2, 0.25) is 5.52 Å². The van der Waals surface area contributed by atoms with E-state index in [2.05, 4.69) is 127 Å². The van der Waals surface area contributed by atoms with Crippen molar-refractivity contribution in [2.24, 2.45) is 5.41 Å². The number of rotatable bonds is 5. The molecule has 37 heavy (non-hydrogen) atoms. The second-order valence-corrected chi connectivity index (χ2v) is 12.8. The van der Waals surface area contributed by atoms with Gasteiger partial charge in [0.1, 0.15) is 11.2 Å². The molecule has 0 fully saturated rings. The minimum Gasteiger partial charge on any atom is -0.335 e. The maximum atomic E-state index is 2.47. The van der Waals surface area contributed by atoms with Crippen molar-refractivity contribution in [1.29, 1.82) is 0 Å². The van der Waals surface area contributed by atoms with Gasteiger partial charge in [0.05, 0.1) is 10.7 Å². The van der Waals surface area contributed by atoms with Crippen LogP contribution in [0.4, 0.5) is 5.69 Å². The Morgan fingerprint density at radius 2 is 1.78 bits per heavy atom. The van der Waals surface area contributed by atoms with Gasteiger partial charge in [0.25, 0.3) is 5.01 Å². The molecule has 2 aliphatic rings. The van der Waals surface area contributed by atoms with Crippen LogP contribution in [0, 0.1) is 5.41 Å². The van der Waals surface area contributed by atoms with Crippen molar-refractivity contribution in [2.45, 2.75) is 52.0 Å². The van der Waals surface area contributed by atoms with E-state index in [1.807, 2.05) is 23.1 Å². The SMILES string of the molecule is CCN1/C(=C/C2=CC(=C/c3sc4ccccc4[n+]3CC)/CC(C)(C)C2)Sc2ccc(-n3cccc3)cc21. The van der Waals surface area contributed by atoms with Gasteiger partial charge in [-0.1, -0.05) is 55.2 Å². The average Bonchev–Trinajstić information content (AvgIpc) is 3.59. The fourth-order valence-electron chi connectivity index (χ4n) is 5.69. The lowest BCUT2D eigenvalue weighted by atomic mass is 9.75. The standard InChI is InChI=1S/C32H34N3S2/c1-5-34-26-11-7-8-12-28(26)36-30(34)18-23-17-24(22-32(3,4)21-23)19-31-35(6-2)27-20-25(13-14-29(27)37-31)33-15-9-10-16-33/h7-20H,5-6,21-22H2,1-4H3/q+1. The number of para-hydroxylation sites is 1. The van der Waals surface area contributed by atoms with Crippen LogP contribution >= 0.6 is 23.1 Å². The molecule has 0 bridgehead atoms. The first-order valence-corrected chi connectivity index (χ1v) is 14.8. The molecule has 0 unspecified atom stereocenters. The smallest absolute Gasteiger partial charge is 0.263 e. The molecule has 4 aromatic rings. The molecular weight excluding hydrogens is 491 g/mol. The Hall–Kier alpha value is -3.02. The van der Waals surface area contributed by atoms with E-state index in [4.69, 9.17) is 0 Å². The predicted octanol–water partition coefficient (Wildman–Crippen LogP) is 8.60. The number of aryl methyl sites for hydroxylation is 1. The molecule has 188 valence electrons. The van der Waals surface area contributed by atoms with Gasteiger partial charge in [0, 0.05) is 41.7 Å². The Morgan fingerprint density at radius 3 is 2.57 bits per heavy atom. The summed E-state index contributed by atoms with van der Waals surface area (Å²) in [7, 11) is 0. The van der Waals surface area contributed by atoms with Crippen molar-refractivity contribution < 1.29 is 4.57 Å². The second-order valence-electron chi connectivity index (χ2n) is 10.7. The lowest BCUT2D eigenvalue weighted by Gasteiger charge is -2.31. The van der Waals surface area contributed by atoms with E-state index < -0.39 is 0 Å². The summed E-state index contributed by atoms with van der Waals surface area (Å²) in [4.78, 5) is 3.81. The van der Waals surface area contributed by atoms with Crippen LogP contribution in [0.3, 0.4) is 0 Å². The van der Waals surface area contributed by atoms with Crippen molar-refractivity contribution in [1.82, 2.24) is 4.57 Å². The third kappa shape index (κ3) is 4.71. The highest BCUT2D eigenvalue weighted by Crippen LogP contribution is 2.48. The number of nitrogens with zero attached hydrogens (tertiary/aromatic N) is 3. The van der Waals surface area contributed by atoms with E-state index in [0.29, 0.717) is 0 Å². The molecular formula is C32H34N3S2+. The van der Waals surface area contributed by atoms with Crippen molar-refractivity contribution in [3.63, 3.8) is 0 Å². The Bertz CT molecular complexity index is 1550. The molecule has 0 radical (unpaired) electrons. The van der Waals surface area contributed by atoms with Gasteiger partial charge in [-0.05, 0) is 85.7 Å². The average molecular weight is 525 g/mol. The summed E-state index contributed by atoms with van der Waals surface area (Å²) in [5.74, 6) is 0. The van der Waals surface area contributed by atoms with Crippen molar-refractivity contribution in [3.8, 4) is 5.69 Å². The number of benzene rings is 2. The van der Waals surface area contributed by atoms with Gasteiger partial charge in [-0.3, -0.25) is 0 Å². The molecule has 1 aliphatic carbocycles. The van der Waals surface area contributed by atoms with Crippen LogP contribution in [0.5, 0.6) is 0 Å². The number of thiazole rings is 1. The summed E-state index contributed by atoms with van der Waals surface area (Å²) in [6.45, 7) is 11.2. The number of anilines is 1. The highest BCUT2D eigenvalue weighted by Gasteiger charge is 2.29. The highest BCUT2D eigenvalue weighted by molar-refractivity contribution is 8.03. The van der Waals surface area contributed by atoms with Crippen molar-refractivity contribution in [3.05, 3.63) is 100 Å². The van der Waals surface area contributed by atoms with E-state index in [9.17, 15) is 0 Å². The Kier molecular flexibility index (Phi) is 6.37. The Morgan fingerprint density at radius 1 is 0.973 bits per heavy atom. The molecule has 1 aliphatic heterocycles. The molecule has 6 rings (SSSR count). The normalized spacial score (nSPS) is 19.1. The first kappa shape index (κ1) is 24.3. The number of fused-ring (bicyclic) bond motifs is 2. The third-order valence-electron chi connectivity index (χ3n) is 7.24. The molecule has 3 nitrogen and oxygen atoms in total. The second kappa shape index (κ2) is 9.70. The quantitative estimate of drug-likeness (QED) is 0.242. The van der Waals surface area contributed by atoms with E-state index in [0.717, 1.165) is 25.9 Å². The van der Waals surface area contributed by atoms with Gasteiger partial charge in [-0.15, -0.1) is 0 Å². The molecule has 0 N–H and O–H groups in total. The van der Waals surface area contributed by atoms with E-state index in [1.165, 1.54) is 47.7 Å². The van der Waals surface area contributed by atoms with Gasteiger partial charge in [-0.25, -0.2) is 0 Å². The molecule has 2 aromatic heterocycles. The summed E-state index contributed by atoms with van der Waals surface area (Å²) in [5, 5.41) is 2.67. The van der Waals surface area contributed by atoms with Crippen molar-refractivity contribution in [2.75, 3.05) is 11.4 Å². The molecule has 3 heterocycles. The number of thioether (sulfide) groups is 1. The zero-order valence-electron chi connectivity index (χ0n) is 22.1. The van der Waals surface area contributed by atoms with Gasteiger partial charge in [-0.2, -0.15) is 4.57 Å². The Balaban J connectivity index is 1.36. The summed E-state index contributed by atoms with van der Waals surface area (Å²) >= 11 is 3.80. The van der Waals surface area contributed by atoms with Gasteiger partial charge in [0.15, 0.2) is 0 Å². The van der Waals surface area contributed by atoms with Crippen LogP contribution in [0.25, 0.3) is 22.0 Å². The maximum Gasteiger partial charge on any atom is 0.263 e. The maximum absolute atomic E-state index is 2.47. The number of hydrogen-bond donors (Lipinski definition) is 0. The topological polar surface area (TPSA) is 12.1 Å². The first-order valence-electron chi connectivity index (χ1n) is 13.2. The van der Waals surface area contributed by atoms with Crippen molar-refractivity contribution >= 4 is 45.1 Å². The molecule has 2 aromatic carbocycles. The molecule has 5 heteroatoms. The molecule has 0 saturated heterocycles. The fourth-order valence-corrected chi connectivity index (χ4v) is 8.07. The number of allylic oxidation sites excluding steroid dienone is 4. The summed E-state index contributed by atoms with van der Waals surface area (Å²) < 4.78 is 5.99. The van der Waals surface area contributed by atoms with E-state index in [-0.39, 0.29) is 5.41 Å². The van der Waals surface area contributed by atoms with Crippen LogP contribution in [0.2, 0.25) is 0 Å². The van der Waals surface area contributed by atoms with Crippen LogP contribution in [0.1, 0.15) is 45.5 Å². The fraction of sp³-hybridized carbons (Fsp3) is 0.281. The van der Waals surface area contributed by atoms with Crippen LogP contribution in [0.15, 0.2) is 100 Å². The summed E-state index contributed by atoms with van der Waals surface area (Å²) in [6, 6.07) is 19.7. The minimum absolute atomic E-state index is 0.232. The minimum atomic E-state index is 0.232. The van der Waals surface area contributed by atoms with E-state index in [1.54, 1.807) is 0 Å².